The number of nitro benzene ring substituents is 4. The minimum Gasteiger partial charge on any atom is -1.00 e. The molecule has 0 aliphatic rings. The van der Waals surface area contributed by atoms with Crippen molar-refractivity contribution in [1.82, 2.24) is 0 Å². The van der Waals surface area contributed by atoms with Gasteiger partial charge >= 0.3 is 101 Å². The number of carbonyl (C=O) groups excluding carboxylic acids is 4. The van der Waals surface area contributed by atoms with Gasteiger partial charge in [-0.15, -0.1) is 0 Å². The Kier molecular flexibility index (Phi) is 57.7. The number of nitrogen functional groups attached to an aromatic ring is 1. The number of nitrogens with zero attached hydrogens (tertiary/aromatic N) is 4. The van der Waals surface area contributed by atoms with Gasteiger partial charge in [0.25, 0.3) is 0 Å². The van der Waals surface area contributed by atoms with E-state index in [4.69, 9.17) is 38.6 Å². The number of fused-ring (bicyclic) bond motifs is 2. The smallest absolute Gasteiger partial charge is 1.00 e. The van der Waals surface area contributed by atoms with E-state index in [1.165, 1.54) is 128 Å². The molecule has 0 saturated carbocycles. The van der Waals surface area contributed by atoms with Gasteiger partial charge in [-0.25, -0.2) is 0 Å². The number of rotatable bonds is 25. The number of carbonyl (C=O) groups is 4. The zero-order valence-electron chi connectivity index (χ0n) is 73.9. The van der Waals surface area contributed by atoms with Crippen LogP contribution in [0.1, 0.15) is 129 Å². The number of hydrogen-bond acceptors (Lipinski definition) is 28. The largest absolute Gasteiger partial charge is 2.00 e. The predicted octanol–water partition coefficient (Wildman–Crippen LogP) is 22.5. The zero-order chi connectivity index (χ0) is 95.3. The second-order valence-electron chi connectivity index (χ2n) is 28.1. The first-order chi connectivity index (χ1) is 64.2. The molecule has 0 radical (unpaired) electrons. The van der Waals surface area contributed by atoms with Gasteiger partial charge in [-0.1, -0.05) is 267 Å². The van der Waals surface area contributed by atoms with E-state index in [2.05, 4.69) is 28.1 Å². The molecule has 738 valence electrons. The number of ketones is 2. The molecule has 0 spiro atoms. The van der Waals surface area contributed by atoms with Gasteiger partial charge in [-0.05, 0) is 162 Å². The van der Waals surface area contributed by atoms with Crippen LogP contribution in [-0.4, -0.2) is 129 Å². The molecule has 35 heteroatoms. The van der Waals surface area contributed by atoms with Gasteiger partial charge in [-0.2, -0.15) is 0 Å². The van der Waals surface area contributed by atoms with Gasteiger partial charge in [0, 0.05) is 53.3 Å². The van der Waals surface area contributed by atoms with Crippen LogP contribution in [0.3, 0.4) is 0 Å². The normalized spacial score (nSPS) is 9.58. The maximum Gasteiger partial charge on any atom is 2.00 e. The molecule has 0 bridgehead atoms. The standard InChI is InChI=1S/C22H15NO6.C22H17NO5.C15H11NO4.2C14H11NO4.C8H8O2.C7H7Br.6CH4.Ba.Na.2H2O.H2.H/c24-20-16-8-4-5-9-18(16)29-22(21(20)25)15-10-11-17(23(26)27)19(12-15)28-13-14-6-2-1-3-7-14;24-20-9-5-4-8-18(20)21(25)13-11-16-10-12-19(23(26)27)22(14-16)28-15-17-6-2-1-3-7-17;16-10-6-5-8(7-11(10)17)15-14(19)13(18)9-3-1-2-4-12(9)20-15;2*16-9-12-6-7-13(15(17)18)14(8-12)19-10-11-4-2-1-3-5-11;1-6(9)7-4-2-3-5-8(7)10;8-6-7-4-2-1-3-5-7;;;;;;;;;;;;/h1-12,25H,13H2;1-14,24H,15H2;1-7,17,19H,16H2;2*1-9H,10H2;2-5,10H,1H3;1-5H,6H2;6*1H4;;;2*1H2;1H;/q;;;;;;;;;;;;;+2;+1;;;;-1/p-2/b;13-11+;;;;;;;;;;;;;;;;;. The molecule has 16 rings (SSSR count). The number of anilines is 1. The molecule has 0 unspecified atom stereocenters. The summed E-state index contributed by atoms with van der Waals surface area (Å²) in [6, 6.07) is 94.1. The Hall–Kier alpha value is -15.5. The summed E-state index contributed by atoms with van der Waals surface area (Å²) in [7, 11) is 0. The van der Waals surface area contributed by atoms with Crippen molar-refractivity contribution < 1.29 is 136 Å². The molecule has 143 heavy (non-hydrogen) atoms. The monoisotopic (exact) mass is 2150 g/mol. The fraction of sp³-hybridized carbons (Fsp3) is 0.111. The van der Waals surface area contributed by atoms with Gasteiger partial charge in [0.1, 0.15) is 67.4 Å². The van der Waals surface area contributed by atoms with Gasteiger partial charge in [-0.3, -0.25) is 69.2 Å². The summed E-state index contributed by atoms with van der Waals surface area (Å²) in [6.45, 7) is 2.16. The molecule has 16 aromatic rings. The van der Waals surface area contributed by atoms with Crippen LogP contribution in [0.2, 0.25) is 0 Å². The van der Waals surface area contributed by atoms with Crippen LogP contribution in [0.25, 0.3) is 50.7 Å². The molecule has 0 amide bonds. The fourth-order valence-corrected chi connectivity index (χ4v) is 12.5. The number of aldehydes is 2. The molecule has 32 nitrogen and oxygen atoms in total. The number of alkyl halides is 1. The second-order valence-corrected chi connectivity index (χ2v) is 28.7. The summed E-state index contributed by atoms with van der Waals surface area (Å²) >= 11 is 3.36. The van der Waals surface area contributed by atoms with E-state index >= 15 is 0 Å². The Balaban J connectivity index is -0.00000164. The first kappa shape index (κ1) is 127. The average molecular weight is 2150 g/mol. The number of phenolic OH excluding ortho intramolecular Hbond substituents is 3. The molecule has 2 aromatic heterocycles. The summed E-state index contributed by atoms with van der Waals surface area (Å²) in [5, 5.41) is 94.6. The number of halogens is 1. The molecule has 0 saturated heterocycles. The van der Waals surface area contributed by atoms with Crippen molar-refractivity contribution in [3.63, 3.8) is 0 Å². The SMILES string of the molecule is BrCc1ccccc1.C.C.C.C.C.C.CC(=O)c1ccccc1O.Nc1ccc(-c2oc3ccccc3c(=O)c2O)cc1O.O=C(/C=C/c1ccc([N+](=O)[O-])c(OCc2ccccc2)c1)c1ccccc1O.O=Cc1ccc([N+](=O)[O-])c(OCc2ccccc2)c1.O=Cc1ccc([N+](=O)[O-])c(OCc2ccccc2)c1.O=c1c(O)c(-c2ccc([N+](=O)[O-])c(OCc3ccccc3)c2)oc2ccccc12.[Ba+2].[H-].[HH].[Na+].[OH-].[OH-]. The van der Waals surface area contributed by atoms with Crippen molar-refractivity contribution >= 4 is 145 Å². The number of para-hydroxylation sites is 4. The van der Waals surface area contributed by atoms with Crippen molar-refractivity contribution in [2.24, 2.45) is 0 Å². The van der Waals surface area contributed by atoms with Crippen molar-refractivity contribution in [3.8, 4) is 74.4 Å². The quantitative estimate of drug-likeness (QED) is 0.00356. The van der Waals surface area contributed by atoms with Crippen LogP contribution in [0, 0.1) is 40.5 Å². The number of hydrogen-bond donors (Lipinski definition) is 6. The Labute approximate surface area is 898 Å². The van der Waals surface area contributed by atoms with E-state index in [9.17, 15) is 89.7 Å². The van der Waals surface area contributed by atoms with Crippen LogP contribution in [0.5, 0.6) is 51.7 Å². The van der Waals surface area contributed by atoms with E-state index in [1.807, 2.05) is 140 Å². The second kappa shape index (κ2) is 64.7. The minimum atomic E-state index is -0.577. The average Bonchev–Trinajstić information content (AvgIpc) is 0.779. The van der Waals surface area contributed by atoms with Crippen LogP contribution in [0.15, 0.2) is 364 Å². The number of allylic oxidation sites excluding steroid dienone is 1. The maximum absolute atomic E-state index is 12.4. The Bertz CT molecular complexity index is 6880. The minimum absolute atomic E-state index is 0. The van der Waals surface area contributed by atoms with Crippen molar-refractivity contribution in [2.75, 3.05) is 5.73 Å². The molecule has 9 N–H and O–H groups in total. The maximum atomic E-state index is 12.4. The molecule has 0 atom stereocenters. The van der Waals surface area contributed by atoms with Crippen LogP contribution in [-0.2, 0) is 31.8 Å². The molecule has 14 aromatic carbocycles. The van der Waals surface area contributed by atoms with Crippen molar-refractivity contribution in [3.05, 3.63) is 462 Å². The molecule has 0 aliphatic carbocycles. The predicted molar refractivity (Wildman–Crippen MR) is 557 cm³/mol. The van der Waals surface area contributed by atoms with Gasteiger partial charge in [0.15, 0.2) is 46.1 Å². The van der Waals surface area contributed by atoms with Gasteiger partial charge in [0.05, 0.1) is 47.3 Å². The number of ether oxygens (including phenoxy) is 4. The van der Waals surface area contributed by atoms with E-state index in [1.54, 1.807) is 84.9 Å². The van der Waals surface area contributed by atoms with Crippen molar-refractivity contribution in [1.29, 1.82) is 0 Å². The summed E-state index contributed by atoms with van der Waals surface area (Å²) in [5.41, 5.74) is 11.9. The zero-order valence-corrected chi connectivity index (χ0v) is 80.9. The van der Waals surface area contributed by atoms with E-state index in [0.717, 1.165) is 27.6 Å². The third-order valence-corrected chi connectivity index (χ3v) is 19.5. The first-order valence-electron chi connectivity index (χ1n) is 39.9. The Morgan fingerprint density at radius 2 is 0.671 bits per heavy atom. The number of nitrogens with two attached hydrogens (primary N) is 1. The number of nitro groups is 4. The van der Waals surface area contributed by atoms with E-state index in [0.29, 0.717) is 62.5 Å². The summed E-state index contributed by atoms with van der Waals surface area (Å²) in [5.74, 6) is -1.49. The van der Waals surface area contributed by atoms with Gasteiger partial charge < -0.3 is 71.4 Å². The topological polar surface area (TPSA) is 525 Å². The fourth-order valence-electron chi connectivity index (χ4n) is 12.1. The summed E-state index contributed by atoms with van der Waals surface area (Å²) in [6.07, 6.45) is 4.07. The molecule has 0 fully saturated rings. The van der Waals surface area contributed by atoms with Gasteiger partial charge in [0.2, 0.25) is 22.4 Å². The van der Waals surface area contributed by atoms with Crippen LogP contribution >= 0.6 is 15.9 Å². The number of Topliss-reactive ketones (excluding diaryl/α,β-unsaturated/α-hetero) is 1. The summed E-state index contributed by atoms with van der Waals surface area (Å²) < 4.78 is 33.4. The van der Waals surface area contributed by atoms with E-state index < -0.39 is 42.0 Å². The number of phenols is 3. The molecule has 2 heterocycles. The first-order valence-corrected chi connectivity index (χ1v) is 41.0. The summed E-state index contributed by atoms with van der Waals surface area (Å²) in [4.78, 5) is 111. The van der Waals surface area contributed by atoms with Crippen molar-refractivity contribution in [2.45, 2.75) is 83.2 Å². The molecular weight excluding hydrogens is 2040 g/mol. The molecule has 0 aliphatic heterocycles. The third kappa shape index (κ3) is 37.5. The number of aromatic hydroxyl groups is 5. The third-order valence-electron chi connectivity index (χ3n) is 18.9. The Morgan fingerprint density at radius 3 is 0.986 bits per heavy atom. The van der Waals surface area contributed by atoms with Crippen LogP contribution < -0.4 is 65.1 Å². The van der Waals surface area contributed by atoms with Crippen LogP contribution in [0.4, 0.5) is 28.4 Å². The number of benzene rings is 14. The Morgan fingerprint density at radius 1 is 0.385 bits per heavy atom. The van der Waals surface area contributed by atoms with E-state index in [-0.39, 0.29) is 266 Å². The molecular formula is C108H109BaBrN5NaO27.